The Labute approximate surface area is 436 Å². The topological polar surface area (TPSA) is 175 Å². The van der Waals surface area contributed by atoms with Gasteiger partial charge in [0, 0.05) is 12.8 Å². The second-order valence-electron chi connectivity index (χ2n) is 21.4. The Hall–Kier alpha value is -1.60. The van der Waals surface area contributed by atoms with E-state index in [0.29, 0.717) is 19.4 Å². The number of aliphatic hydroxyl groups excluding tert-OH is 5. The minimum absolute atomic E-state index is 0.00715. The Morgan fingerprint density at radius 3 is 1.31 bits per heavy atom. The molecule has 71 heavy (non-hydrogen) atoms. The Bertz CT molecular complexity index is 1190. The number of unbranched alkanes of at least 4 members (excludes halogenated alkanes) is 39. The predicted molar refractivity (Wildman–Crippen MR) is 292 cm³/mol. The van der Waals surface area contributed by atoms with Gasteiger partial charge in [0.15, 0.2) is 6.29 Å². The zero-order chi connectivity index (χ0) is 51.7. The largest absolute Gasteiger partial charge is 0.466 e. The van der Waals surface area contributed by atoms with Crippen LogP contribution >= 0.6 is 0 Å². The number of allylic oxidation sites excluding steroid dienone is 1. The minimum atomic E-state index is -1.57. The minimum Gasteiger partial charge on any atom is -0.466 e. The molecular formula is C60H115NO10. The van der Waals surface area contributed by atoms with Gasteiger partial charge in [0.25, 0.3) is 0 Å². The van der Waals surface area contributed by atoms with Gasteiger partial charge < -0.3 is 45.1 Å². The highest BCUT2D eigenvalue weighted by Crippen LogP contribution is 2.23. The Morgan fingerprint density at radius 2 is 0.887 bits per heavy atom. The van der Waals surface area contributed by atoms with E-state index in [0.717, 1.165) is 64.2 Å². The molecule has 1 fully saturated rings. The standard InChI is InChI=1S/C60H115NO10/c1-3-5-7-9-11-13-14-15-16-18-22-25-28-32-36-40-44-48-56(65)69-49-45-41-37-33-29-26-23-20-17-19-21-24-27-31-35-39-43-47-55(64)61-52(53(63)46-42-38-34-30-12-10-8-6-4-2)51-70-60-59(68)58(67)57(66)54(50-62)71-60/h42,46,52-54,57-60,62-63,66-68H,3-41,43-45,47-51H2,1-2H3,(H,61,64)/b46-42+. The summed E-state index contributed by atoms with van der Waals surface area (Å²) in [5.41, 5.74) is 0. The smallest absolute Gasteiger partial charge is 0.305 e. The van der Waals surface area contributed by atoms with Crippen LogP contribution in [0.4, 0.5) is 0 Å². The van der Waals surface area contributed by atoms with Crippen molar-refractivity contribution < 1.29 is 49.3 Å². The maximum absolute atomic E-state index is 13.0. The van der Waals surface area contributed by atoms with Crippen LogP contribution in [0.3, 0.4) is 0 Å². The molecule has 1 rings (SSSR count). The van der Waals surface area contributed by atoms with E-state index in [9.17, 15) is 35.1 Å². The lowest BCUT2D eigenvalue weighted by molar-refractivity contribution is -0.302. The number of ether oxygens (including phenoxy) is 3. The van der Waals surface area contributed by atoms with E-state index >= 15 is 0 Å². The van der Waals surface area contributed by atoms with Crippen LogP contribution in [0.25, 0.3) is 0 Å². The van der Waals surface area contributed by atoms with Crippen molar-refractivity contribution in [2.24, 2.45) is 0 Å². The van der Waals surface area contributed by atoms with Gasteiger partial charge >= 0.3 is 5.97 Å². The lowest BCUT2D eigenvalue weighted by Crippen LogP contribution is -2.60. The molecule has 420 valence electrons. The van der Waals surface area contributed by atoms with Crippen LogP contribution in [0.15, 0.2) is 12.2 Å². The maximum atomic E-state index is 13.0. The van der Waals surface area contributed by atoms with Crippen molar-refractivity contribution in [1.29, 1.82) is 0 Å². The molecule has 7 unspecified atom stereocenters. The van der Waals surface area contributed by atoms with E-state index in [1.165, 1.54) is 205 Å². The molecule has 11 heteroatoms. The fourth-order valence-corrected chi connectivity index (χ4v) is 9.79. The molecule has 0 aromatic carbocycles. The first-order valence-electron chi connectivity index (χ1n) is 30.5. The number of esters is 1. The van der Waals surface area contributed by atoms with Crippen molar-refractivity contribution in [3.05, 3.63) is 12.2 Å². The molecule has 0 radical (unpaired) electrons. The van der Waals surface area contributed by atoms with Gasteiger partial charge in [-0.3, -0.25) is 9.59 Å². The van der Waals surface area contributed by atoms with Crippen LogP contribution in [-0.4, -0.2) is 100 Å². The molecule has 0 aromatic rings. The number of carbonyl (C=O) groups excluding carboxylic acids is 2. The SMILES string of the molecule is CCCCCCCCC/C=C/C(O)C(COC1OC(CO)C(O)C(O)C1O)NC(=O)CCCCCCCCCCCCCCCCCCCOC(=O)CCCCCCCCCCCCCCCCCCC. The number of aliphatic hydroxyl groups is 5. The molecule has 1 heterocycles. The molecule has 0 aromatic heterocycles. The Morgan fingerprint density at radius 1 is 0.507 bits per heavy atom. The van der Waals surface area contributed by atoms with Crippen LogP contribution < -0.4 is 5.32 Å². The molecule has 1 aliphatic rings. The first-order valence-corrected chi connectivity index (χ1v) is 30.5. The number of rotatable bonds is 53. The summed E-state index contributed by atoms with van der Waals surface area (Å²) in [7, 11) is 0. The molecule has 0 bridgehead atoms. The van der Waals surface area contributed by atoms with Gasteiger partial charge in [0.05, 0.1) is 32.0 Å². The van der Waals surface area contributed by atoms with Gasteiger partial charge in [-0.2, -0.15) is 0 Å². The molecule has 1 aliphatic heterocycles. The van der Waals surface area contributed by atoms with Crippen LogP contribution in [0.2, 0.25) is 0 Å². The zero-order valence-corrected chi connectivity index (χ0v) is 46.2. The molecule has 1 amide bonds. The number of hydrogen-bond acceptors (Lipinski definition) is 10. The number of amides is 1. The third kappa shape index (κ3) is 40.4. The zero-order valence-electron chi connectivity index (χ0n) is 46.2. The lowest BCUT2D eigenvalue weighted by atomic mass is 9.99. The molecular weight excluding hydrogens is 895 g/mol. The second kappa shape index (κ2) is 50.6. The highest BCUT2D eigenvalue weighted by molar-refractivity contribution is 5.76. The molecule has 7 atom stereocenters. The number of nitrogens with one attached hydrogen (secondary N) is 1. The summed E-state index contributed by atoms with van der Waals surface area (Å²) >= 11 is 0. The molecule has 11 nitrogen and oxygen atoms in total. The van der Waals surface area contributed by atoms with E-state index < -0.39 is 49.5 Å². The van der Waals surface area contributed by atoms with Gasteiger partial charge in [-0.05, 0) is 32.1 Å². The van der Waals surface area contributed by atoms with E-state index in [2.05, 4.69) is 19.2 Å². The number of hydrogen-bond donors (Lipinski definition) is 6. The first-order chi connectivity index (χ1) is 34.7. The van der Waals surface area contributed by atoms with E-state index in [4.69, 9.17) is 14.2 Å². The maximum Gasteiger partial charge on any atom is 0.305 e. The summed E-state index contributed by atoms with van der Waals surface area (Å²) in [6, 6.07) is -0.811. The average Bonchev–Trinajstić information content (AvgIpc) is 3.37. The van der Waals surface area contributed by atoms with Gasteiger partial charge in [-0.1, -0.05) is 264 Å². The van der Waals surface area contributed by atoms with E-state index in [1.54, 1.807) is 6.08 Å². The molecule has 0 spiro atoms. The van der Waals surface area contributed by atoms with Crippen molar-refractivity contribution in [1.82, 2.24) is 5.32 Å². The van der Waals surface area contributed by atoms with Gasteiger partial charge in [-0.15, -0.1) is 0 Å². The van der Waals surface area contributed by atoms with E-state index in [1.807, 2.05) is 6.08 Å². The van der Waals surface area contributed by atoms with Crippen molar-refractivity contribution in [2.45, 2.75) is 339 Å². The summed E-state index contributed by atoms with van der Waals surface area (Å²) < 4.78 is 16.7. The summed E-state index contributed by atoms with van der Waals surface area (Å²) in [6.45, 7) is 4.32. The molecule has 1 saturated heterocycles. The van der Waals surface area contributed by atoms with Crippen molar-refractivity contribution in [2.75, 3.05) is 19.8 Å². The lowest BCUT2D eigenvalue weighted by Gasteiger charge is -2.40. The van der Waals surface area contributed by atoms with Gasteiger partial charge in [-0.25, -0.2) is 0 Å². The normalized spacial score (nSPS) is 19.1. The Kier molecular flexibility index (Phi) is 48.0. The predicted octanol–water partition coefficient (Wildman–Crippen LogP) is 14.0. The van der Waals surface area contributed by atoms with Crippen molar-refractivity contribution >= 4 is 11.9 Å². The number of carbonyl (C=O) groups is 2. The highest BCUT2D eigenvalue weighted by atomic mass is 16.7. The highest BCUT2D eigenvalue weighted by Gasteiger charge is 2.44. The Balaban J connectivity index is 2.00. The third-order valence-corrected chi connectivity index (χ3v) is 14.7. The quantitative estimate of drug-likeness (QED) is 0.0195. The van der Waals surface area contributed by atoms with Crippen molar-refractivity contribution in [3.8, 4) is 0 Å². The van der Waals surface area contributed by atoms with Crippen LogP contribution in [0, 0.1) is 0 Å². The summed E-state index contributed by atoms with van der Waals surface area (Å²) in [6.07, 6.45) is 48.9. The average molecular weight is 1010 g/mol. The molecule has 0 saturated carbocycles. The molecule has 0 aliphatic carbocycles. The summed E-state index contributed by atoms with van der Waals surface area (Å²) in [5.74, 6) is -0.195. The monoisotopic (exact) mass is 1010 g/mol. The van der Waals surface area contributed by atoms with Gasteiger partial charge in [0.1, 0.15) is 24.4 Å². The van der Waals surface area contributed by atoms with Gasteiger partial charge in [0.2, 0.25) is 5.91 Å². The second-order valence-corrected chi connectivity index (χ2v) is 21.4. The van der Waals surface area contributed by atoms with Crippen LogP contribution in [0.1, 0.15) is 296 Å². The first kappa shape index (κ1) is 67.4. The van der Waals surface area contributed by atoms with E-state index in [-0.39, 0.29) is 18.5 Å². The third-order valence-electron chi connectivity index (χ3n) is 14.7. The van der Waals surface area contributed by atoms with Crippen LogP contribution in [0.5, 0.6) is 0 Å². The summed E-state index contributed by atoms with van der Waals surface area (Å²) in [4.78, 5) is 25.1. The fraction of sp³-hybridized carbons (Fsp3) is 0.933. The fourth-order valence-electron chi connectivity index (χ4n) is 9.79. The molecule has 6 N–H and O–H groups in total. The summed E-state index contributed by atoms with van der Waals surface area (Å²) in [5, 5.41) is 54.2. The van der Waals surface area contributed by atoms with Crippen molar-refractivity contribution in [3.63, 3.8) is 0 Å². The van der Waals surface area contributed by atoms with Crippen LogP contribution in [-0.2, 0) is 23.8 Å².